The van der Waals surface area contributed by atoms with Gasteiger partial charge >= 0.3 is 0 Å². The number of hydrogen-bond donors (Lipinski definition) is 1. The number of nitrogens with zero attached hydrogens (tertiary/aromatic N) is 4. The SMILES string of the molecule is Cc1nccn1-c1cc(CNC(=O)CCN2CCSC2=O)ccn1. The van der Waals surface area contributed by atoms with Crippen LogP contribution in [0, 0.1) is 6.92 Å². The molecule has 0 unspecified atom stereocenters. The lowest BCUT2D eigenvalue weighted by Gasteiger charge is -2.14. The summed E-state index contributed by atoms with van der Waals surface area (Å²) in [7, 11) is 0. The van der Waals surface area contributed by atoms with Crippen LogP contribution in [0.2, 0.25) is 0 Å². The number of hydrogen-bond acceptors (Lipinski definition) is 5. The van der Waals surface area contributed by atoms with E-state index in [4.69, 9.17) is 0 Å². The first-order chi connectivity index (χ1) is 11.6. The van der Waals surface area contributed by atoms with Crippen molar-refractivity contribution in [3.8, 4) is 5.82 Å². The van der Waals surface area contributed by atoms with Crippen molar-refractivity contribution in [3.05, 3.63) is 42.1 Å². The Balaban J connectivity index is 1.52. The normalized spacial score (nSPS) is 14.2. The van der Waals surface area contributed by atoms with Gasteiger partial charge in [0.1, 0.15) is 11.6 Å². The lowest BCUT2D eigenvalue weighted by atomic mass is 10.2. The number of aromatic nitrogens is 3. The second-order valence-electron chi connectivity index (χ2n) is 5.49. The fraction of sp³-hybridized carbons (Fsp3) is 0.375. The van der Waals surface area contributed by atoms with Crippen molar-refractivity contribution in [1.82, 2.24) is 24.8 Å². The van der Waals surface area contributed by atoms with E-state index in [1.54, 1.807) is 17.3 Å². The molecule has 1 fully saturated rings. The average Bonchev–Trinajstić information content (AvgIpc) is 3.19. The lowest BCUT2D eigenvalue weighted by Crippen LogP contribution is -2.30. The molecule has 0 radical (unpaired) electrons. The Hall–Kier alpha value is -2.35. The highest BCUT2D eigenvalue weighted by Gasteiger charge is 2.21. The monoisotopic (exact) mass is 345 g/mol. The largest absolute Gasteiger partial charge is 0.352 e. The Labute approximate surface area is 144 Å². The molecule has 1 aliphatic rings. The fourth-order valence-corrected chi connectivity index (χ4v) is 3.33. The average molecular weight is 345 g/mol. The summed E-state index contributed by atoms with van der Waals surface area (Å²) in [6.07, 6.45) is 5.62. The molecule has 0 saturated carbocycles. The third-order valence-electron chi connectivity index (χ3n) is 3.83. The smallest absolute Gasteiger partial charge is 0.281 e. The van der Waals surface area contributed by atoms with Crippen LogP contribution in [0.25, 0.3) is 5.82 Å². The highest BCUT2D eigenvalue weighted by atomic mass is 32.2. The molecule has 7 nitrogen and oxygen atoms in total. The quantitative estimate of drug-likeness (QED) is 0.863. The maximum Gasteiger partial charge on any atom is 0.281 e. The van der Waals surface area contributed by atoms with Crippen molar-refractivity contribution in [2.45, 2.75) is 19.9 Å². The molecule has 24 heavy (non-hydrogen) atoms. The summed E-state index contributed by atoms with van der Waals surface area (Å²) < 4.78 is 1.89. The number of thioether (sulfide) groups is 1. The number of amides is 2. The van der Waals surface area contributed by atoms with Crippen LogP contribution in [0.15, 0.2) is 30.7 Å². The second-order valence-corrected chi connectivity index (χ2v) is 6.54. The van der Waals surface area contributed by atoms with E-state index in [1.165, 1.54) is 11.8 Å². The van der Waals surface area contributed by atoms with Crippen LogP contribution in [-0.2, 0) is 11.3 Å². The Morgan fingerprint density at radius 1 is 1.38 bits per heavy atom. The van der Waals surface area contributed by atoms with Crippen molar-refractivity contribution >= 4 is 22.9 Å². The van der Waals surface area contributed by atoms with Crippen LogP contribution in [0.1, 0.15) is 17.8 Å². The number of pyridine rings is 1. The van der Waals surface area contributed by atoms with E-state index < -0.39 is 0 Å². The molecule has 3 heterocycles. The molecule has 0 aromatic carbocycles. The lowest BCUT2D eigenvalue weighted by molar-refractivity contribution is -0.121. The molecule has 0 spiro atoms. The summed E-state index contributed by atoms with van der Waals surface area (Å²) >= 11 is 1.31. The van der Waals surface area contributed by atoms with E-state index >= 15 is 0 Å². The maximum absolute atomic E-state index is 12.0. The Bertz CT molecular complexity index is 746. The number of nitrogens with one attached hydrogen (secondary N) is 1. The van der Waals surface area contributed by atoms with Gasteiger partial charge in [-0.3, -0.25) is 14.2 Å². The van der Waals surface area contributed by atoms with E-state index in [2.05, 4.69) is 15.3 Å². The zero-order valence-corrected chi connectivity index (χ0v) is 14.3. The van der Waals surface area contributed by atoms with Gasteiger partial charge in [-0.2, -0.15) is 0 Å². The van der Waals surface area contributed by atoms with Crippen molar-refractivity contribution in [2.24, 2.45) is 0 Å². The zero-order chi connectivity index (χ0) is 16.9. The zero-order valence-electron chi connectivity index (χ0n) is 13.4. The van der Waals surface area contributed by atoms with Gasteiger partial charge in [-0.05, 0) is 24.6 Å². The van der Waals surface area contributed by atoms with Gasteiger partial charge in [-0.25, -0.2) is 9.97 Å². The fourth-order valence-electron chi connectivity index (χ4n) is 2.48. The molecule has 0 atom stereocenters. The summed E-state index contributed by atoms with van der Waals surface area (Å²) in [6.45, 7) is 3.56. The predicted molar refractivity (Wildman–Crippen MR) is 92.0 cm³/mol. The third kappa shape index (κ3) is 3.94. The summed E-state index contributed by atoms with van der Waals surface area (Å²) in [5.74, 6) is 2.39. The van der Waals surface area contributed by atoms with Gasteiger partial charge in [-0.15, -0.1) is 0 Å². The van der Waals surface area contributed by atoms with Gasteiger partial charge in [0.2, 0.25) is 5.91 Å². The van der Waals surface area contributed by atoms with E-state index in [0.29, 0.717) is 19.5 Å². The molecule has 3 rings (SSSR count). The number of aryl methyl sites for hydroxylation is 1. The first kappa shape index (κ1) is 16.5. The predicted octanol–water partition coefficient (Wildman–Crippen LogP) is 1.75. The highest BCUT2D eigenvalue weighted by molar-refractivity contribution is 8.13. The highest BCUT2D eigenvalue weighted by Crippen LogP contribution is 2.17. The Morgan fingerprint density at radius 3 is 2.96 bits per heavy atom. The number of imidazole rings is 1. The second kappa shape index (κ2) is 7.48. The van der Waals surface area contributed by atoms with Crippen LogP contribution in [-0.4, -0.2) is 49.4 Å². The number of carbonyl (C=O) groups is 2. The van der Waals surface area contributed by atoms with Gasteiger partial charge in [-0.1, -0.05) is 11.8 Å². The molecule has 8 heteroatoms. The topological polar surface area (TPSA) is 80.1 Å². The van der Waals surface area contributed by atoms with Gasteiger partial charge in [0.15, 0.2) is 0 Å². The molecule has 0 aliphatic carbocycles. The van der Waals surface area contributed by atoms with Crippen LogP contribution in [0.5, 0.6) is 0 Å². The minimum absolute atomic E-state index is 0.0585. The maximum atomic E-state index is 12.0. The molecule has 2 aromatic heterocycles. The molecule has 2 amide bonds. The minimum Gasteiger partial charge on any atom is -0.352 e. The molecule has 1 saturated heterocycles. The van der Waals surface area contributed by atoms with Gasteiger partial charge in [0.25, 0.3) is 5.24 Å². The first-order valence-corrected chi connectivity index (χ1v) is 8.76. The molecule has 1 N–H and O–H groups in total. The van der Waals surface area contributed by atoms with Crippen LogP contribution in [0.4, 0.5) is 4.79 Å². The van der Waals surface area contributed by atoms with E-state index in [0.717, 1.165) is 29.5 Å². The number of rotatable bonds is 6. The minimum atomic E-state index is -0.0585. The molecule has 1 aliphatic heterocycles. The molecule has 0 bridgehead atoms. The van der Waals surface area contributed by atoms with Crippen LogP contribution < -0.4 is 5.32 Å². The molecular weight excluding hydrogens is 326 g/mol. The summed E-state index contributed by atoms with van der Waals surface area (Å²) in [6, 6.07) is 3.80. The summed E-state index contributed by atoms with van der Waals surface area (Å²) in [5, 5.41) is 2.96. The van der Waals surface area contributed by atoms with Gasteiger partial charge in [0.05, 0.1) is 0 Å². The third-order valence-corrected chi connectivity index (χ3v) is 4.72. The molecule has 126 valence electrons. The van der Waals surface area contributed by atoms with Crippen LogP contribution >= 0.6 is 11.8 Å². The molecular formula is C16H19N5O2S. The Morgan fingerprint density at radius 2 is 2.25 bits per heavy atom. The van der Waals surface area contributed by atoms with E-state index in [9.17, 15) is 9.59 Å². The van der Waals surface area contributed by atoms with Crippen molar-refractivity contribution in [1.29, 1.82) is 0 Å². The van der Waals surface area contributed by atoms with E-state index in [-0.39, 0.29) is 11.1 Å². The van der Waals surface area contributed by atoms with E-state index in [1.807, 2.05) is 29.8 Å². The summed E-state index contributed by atoms with van der Waals surface area (Å²) in [4.78, 5) is 33.7. The number of carbonyl (C=O) groups excluding carboxylic acids is 2. The van der Waals surface area contributed by atoms with Crippen molar-refractivity contribution in [3.63, 3.8) is 0 Å². The standard InChI is InChI=1S/C16H19N5O2S/c1-12-17-5-7-21(12)14-10-13(2-4-18-14)11-19-15(22)3-6-20-8-9-24-16(20)23/h2,4-5,7,10H,3,6,8-9,11H2,1H3,(H,19,22). The van der Waals surface area contributed by atoms with Gasteiger partial charge in [0, 0.05) is 50.4 Å². The van der Waals surface area contributed by atoms with Crippen molar-refractivity contribution in [2.75, 3.05) is 18.8 Å². The van der Waals surface area contributed by atoms with Crippen LogP contribution in [0.3, 0.4) is 0 Å². The molecule has 2 aromatic rings. The van der Waals surface area contributed by atoms with Crippen molar-refractivity contribution < 1.29 is 9.59 Å². The first-order valence-electron chi connectivity index (χ1n) is 7.77. The summed E-state index contributed by atoms with van der Waals surface area (Å²) in [5.41, 5.74) is 0.967. The van der Waals surface area contributed by atoms with Gasteiger partial charge < -0.3 is 10.2 Å². The Kier molecular flexibility index (Phi) is 5.14.